The highest BCUT2D eigenvalue weighted by molar-refractivity contribution is 9.10. The maximum atomic E-state index is 11.6. The van der Waals surface area contributed by atoms with E-state index in [1.807, 2.05) is 36.4 Å². The molecule has 0 bridgehead atoms. The summed E-state index contributed by atoms with van der Waals surface area (Å²) in [5, 5.41) is 3.14. The molecule has 120 valence electrons. The summed E-state index contributed by atoms with van der Waals surface area (Å²) in [4.78, 5) is 11.6. The Morgan fingerprint density at radius 3 is 2.74 bits per heavy atom. The fourth-order valence-electron chi connectivity index (χ4n) is 2.74. The zero-order chi connectivity index (χ0) is 16.2. The molecular weight excluding hydrogens is 358 g/mol. The Bertz CT molecular complexity index is 690. The maximum Gasteiger partial charge on any atom is 0.323 e. The third kappa shape index (κ3) is 3.74. The highest BCUT2D eigenvalue weighted by atomic mass is 79.9. The summed E-state index contributed by atoms with van der Waals surface area (Å²) >= 11 is 3.52. The molecule has 0 amide bonds. The van der Waals surface area contributed by atoms with Crippen molar-refractivity contribution in [3.8, 4) is 16.9 Å². The van der Waals surface area contributed by atoms with Crippen molar-refractivity contribution in [2.45, 2.75) is 18.6 Å². The van der Waals surface area contributed by atoms with Gasteiger partial charge in [-0.2, -0.15) is 0 Å². The predicted octanol–water partition coefficient (Wildman–Crippen LogP) is 3.40. The number of hydrogen-bond donors (Lipinski definition) is 1. The van der Waals surface area contributed by atoms with Crippen LogP contribution in [0.25, 0.3) is 11.1 Å². The molecule has 1 heterocycles. The van der Waals surface area contributed by atoms with Crippen LogP contribution in [0.1, 0.15) is 6.42 Å². The van der Waals surface area contributed by atoms with Gasteiger partial charge >= 0.3 is 5.97 Å². The number of halogens is 1. The third-order valence-electron chi connectivity index (χ3n) is 3.90. The van der Waals surface area contributed by atoms with Gasteiger partial charge in [0.2, 0.25) is 0 Å². The highest BCUT2D eigenvalue weighted by Crippen LogP contribution is 2.34. The van der Waals surface area contributed by atoms with Gasteiger partial charge in [0.15, 0.2) is 0 Å². The average Bonchev–Trinajstić information content (AvgIpc) is 3.05. The molecule has 0 radical (unpaired) electrons. The van der Waals surface area contributed by atoms with Gasteiger partial charge in [-0.25, -0.2) is 0 Å². The lowest BCUT2D eigenvalue weighted by molar-refractivity contribution is -0.142. The van der Waals surface area contributed by atoms with Crippen LogP contribution in [0.4, 0.5) is 0 Å². The minimum Gasteiger partial charge on any atom is -0.488 e. The molecule has 0 saturated carbocycles. The molecular formula is C18H18BrNO3. The van der Waals surface area contributed by atoms with Crippen molar-refractivity contribution in [2.75, 3.05) is 13.7 Å². The fourth-order valence-corrected chi connectivity index (χ4v) is 3.10. The first kappa shape index (κ1) is 16.0. The van der Waals surface area contributed by atoms with E-state index in [4.69, 9.17) is 9.47 Å². The van der Waals surface area contributed by atoms with Gasteiger partial charge < -0.3 is 14.8 Å². The molecule has 0 aliphatic carbocycles. The Labute approximate surface area is 143 Å². The van der Waals surface area contributed by atoms with Crippen LogP contribution in [0.2, 0.25) is 0 Å². The number of carbonyl (C=O) groups is 1. The summed E-state index contributed by atoms with van der Waals surface area (Å²) in [6.07, 6.45) is 0.555. The van der Waals surface area contributed by atoms with Gasteiger partial charge in [0.1, 0.15) is 17.9 Å². The summed E-state index contributed by atoms with van der Waals surface area (Å²) in [6, 6.07) is 15.8. The van der Waals surface area contributed by atoms with E-state index >= 15 is 0 Å². The van der Waals surface area contributed by atoms with Crippen LogP contribution in [-0.4, -0.2) is 31.8 Å². The molecule has 2 aromatic rings. The van der Waals surface area contributed by atoms with Crippen LogP contribution >= 0.6 is 15.9 Å². The lowest BCUT2D eigenvalue weighted by atomic mass is 10.0. The van der Waals surface area contributed by atoms with E-state index in [1.54, 1.807) is 0 Å². The van der Waals surface area contributed by atoms with E-state index in [0.29, 0.717) is 13.0 Å². The van der Waals surface area contributed by atoms with Gasteiger partial charge in [0.05, 0.1) is 7.11 Å². The number of ether oxygens (including phenoxy) is 2. The van der Waals surface area contributed by atoms with Gasteiger partial charge in [-0.3, -0.25) is 4.79 Å². The summed E-state index contributed by atoms with van der Waals surface area (Å²) in [6.45, 7) is 0.629. The predicted molar refractivity (Wildman–Crippen MR) is 92.4 cm³/mol. The van der Waals surface area contributed by atoms with E-state index in [0.717, 1.165) is 21.3 Å². The van der Waals surface area contributed by atoms with E-state index in [9.17, 15) is 4.79 Å². The maximum absolute atomic E-state index is 11.6. The van der Waals surface area contributed by atoms with Crippen LogP contribution in [0, 0.1) is 0 Å². The molecule has 0 spiro atoms. The molecule has 1 aliphatic heterocycles. The summed E-state index contributed by atoms with van der Waals surface area (Å²) in [7, 11) is 1.40. The molecule has 2 aromatic carbocycles. The zero-order valence-corrected chi connectivity index (χ0v) is 14.4. The number of benzene rings is 2. The molecule has 0 aromatic heterocycles. The SMILES string of the molecule is COC(=O)[C@@H]1C[C@@H](Oc2ccc(Br)cc2-c2ccccc2)CN1. The molecule has 1 aliphatic rings. The molecule has 1 saturated heterocycles. The molecule has 5 heteroatoms. The Balaban J connectivity index is 1.80. The first-order chi connectivity index (χ1) is 11.2. The van der Waals surface area contributed by atoms with Crippen molar-refractivity contribution in [2.24, 2.45) is 0 Å². The summed E-state index contributed by atoms with van der Waals surface area (Å²) in [5.74, 6) is 0.576. The summed E-state index contributed by atoms with van der Waals surface area (Å²) < 4.78 is 11.9. The van der Waals surface area contributed by atoms with E-state index in [-0.39, 0.29) is 18.1 Å². The number of methoxy groups -OCH3 is 1. The minimum atomic E-state index is -0.291. The molecule has 2 atom stereocenters. The van der Waals surface area contributed by atoms with Gasteiger partial charge in [-0.05, 0) is 23.8 Å². The second kappa shape index (κ2) is 7.15. The second-order valence-electron chi connectivity index (χ2n) is 5.47. The first-order valence-corrected chi connectivity index (χ1v) is 8.29. The zero-order valence-electron chi connectivity index (χ0n) is 12.8. The van der Waals surface area contributed by atoms with Crippen LogP contribution in [-0.2, 0) is 9.53 Å². The van der Waals surface area contributed by atoms with E-state index in [1.165, 1.54) is 7.11 Å². The first-order valence-electron chi connectivity index (χ1n) is 7.50. The van der Waals surface area contributed by atoms with E-state index < -0.39 is 0 Å². The standard InChI is InChI=1S/C18H18BrNO3/c1-22-18(21)16-10-14(11-20-16)23-17-8-7-13(19)9-15(17)12-5-3-2-4-6-12/h2-9,14,16,20H,10-11H2,1H3/t14-,16+/m1/s1. The lowest BCUT2D eigenvalue weighted by Gasteiger charge is -2.17. The third-order valence-corrected chi connectivity index (χ3v) is 4.39. The van der Waals surface area contributed by atoms with Crippen LogP contribution in [0.5, 0.6) is 5.75 Å². The number of rotatable bonds is 4. The quantitative estimate of drug-likeness (QED) is 0.831. The molecule has 0 unspecified atom stereocenters. The van der Waals surface area contributed by atoms with E-state index in [2.05, 4.69) is 33.4 Å². The van der Waals surface area contributed by atoms with Gasteiger partial charge in [0, 0.05) is 23.0 Å². The van der Waals surface area contributed by atoms with Gasteiger partial charge in [0.25, 0.3) is 0 Å². The number of hydrogen-bond acceptors (Lipinski definition) is 4. The monoisotopic (exact) mass is 375 g/mol. The number of carbonyl (C=O) groups excluding carboxylic acids is 1. The van der Waals surface area contributed by atoms with Crippen LogP contribution in [0.15, 0.2) is 53.0 Å². The van der Waals surface area contributed by atoms with Crippen molar-refractivity contribution in [3.05, 3.63) is 53.0 Å². The molecule has 1 fully saturated rings. The Hall–Kier alpha value is -1.85. The summed E-state index contributed by atoms with van der Waals surface area (Å²) in [5.41, 5.74) is 2.13. The topological polar surface area (TPSA) is 47.6 Å². The molecule has 23 heavy (non-hydrogen) atoms. The van der Waals surface area contributed by atoms with Crippen molar-refractivity contribution < 1.29 is 14.3 Å². The largest absolute Gasteiger partial charge is 0.488 e. The van der Waals surface area contributed by atoms with Crippen LogP contribution < -0.4 is 10.1 Å². The van der Waals surface area contributed by atoms with Gasteiger partial charge in [-0.15, -0.1) is 0 Å². The average molecular weight is 376 g/mol. The van der Waals surface area contributed by atoms with Crippen molar-refractivity contribution >= 4 is 21.9 Å². The number of esters is 1. The van der Waals surface area contributed by atoms with Crippen molar-refractivity contribution in [1.29, 1.82) is 0 Å². The Kier molecular flexibility index (Phi) is 4.98. The lowest BCUT2D eigenvalue weighted by Crippen LogP contribution is -2.31. The van der Waals surface area contributed by atoms with Gasteiger partial charge in [-0.1, -0.05) is 46.3 Å². The Morgan fingerprint density at radius 2 is 2.00 bits per heavy atom. The normalized spacial score (nSPS) is 20.3. The van der Waals surface area contributed by atoms with Crippen LogP contribution in [0.3, 0.4) is 0 Å². The second-order valence-corrected chi connectivity index (χ2v) is 6.38. The molecule has 3 rings (SSSR count). The molecule has 4 nitrogen and oxygen atoms in total. The van der Waals surface area contributed by atoms with Crippen molar-refractivity contribution in [1.82, 2.24) is 5.32 Å². The minimum absolute atomic E-state index is 0.0530. The highest BCUT2D eigenvalue weighted by Gasteiger charge is 2.31. The smallest absolute Gasteiger partial charge is 0.323 e. The molecule has 1 N–H and O–H groups in total. The fraction of sp³-hybridized carbons (Fsp3) is 0.278. The Morgan fingerprint density at radius 1 is 1.22 bits per heavy atom. The number of nitrogens with one attached hydrogen (secondary N) is 1. The van der Waals surface area contributed by atoms with Crippen molar-refractivity contribution in [3.63, 3.8) is 0 Å².